The molecule has 4 amide bonds. The lowest BCUT2D eigenvalue weighted by atomic mass is 9.77. The highest BCUT2D eigenvalue weighted by atomic mass is 16.2. The van der Waals surface area contributed by atoms with Crippen LogP contribution in [0.1, 0.15) is 71.0 Å². The number of piperidine rings is 1. The van der Waals surface area contributed by atoms with E-state index in [2.05, 4.69) is 27.2 Å². The standard InChI is InChI=1S/C32H31N7O4/c1-18-24(27-17-34-25-6-2-3-7-26(25)36-27)16-35-39(18)21-13-19(14-21)5-4-12-33-20-8-9-22-23(15-20)32(43)38(31(22)42)28-10-11-29(40)37-30(28)41/h2-3,6-9,15-17,19,21,28,33H,4-5,10-14H2,1H3,(H,37,40,41)/t19-,21-,28?. The summed E-state index contributed by atoms with van der Waals surface area (Å²) in [5.74, 6) is -1.36. The highest BCUT2D eigenvalue weighted by Crippen LogP contribution is 2.41. The van der Waals surface area contributed by atoms with E-state index in [4.69, 9.17) is 10.1 Å². The normalized spacial score (nSPS) is 21.6. The van der Waals surface area contributed by atoms with Gasteiger partial charge >= 0.3 is 0 Å². The Hall–Kier alpha value is -4.93. The molecule has 2 aliphatic heterocycles. The zero-order valence-corrected chi connectivity index (χ0v) is 23.7. The van der Waals surface area contributed by atoms with Gasteiger partial charge in [-0.05, 0) is 75.3 Å². The summed E-state index contributed by atoms with van der Waals surface area (Å²) in [5.41, 5.74) is 6.04. The smallest absolute Gasteiger partial charge is 0.262 e. The molecule has 1 saturated heterocycles. The van der Waals surface area contributed by atoms with E-state index in [9.17, 15) is 19.2 Å². The van der Waals surface area contributed by atoms with Crippen LogP contribution >= 0.6 is 0 Å². The summed E-state index contributed by atoms with van der Waals surface area (Å²) in [6.07, 6.45) is 8.16. The number of nitrogens with one attached hydrogen (secondary N) is 2. The predicted octanol–water partition coefficient (Wildman–Crippen LogP) is 4.05. The van der Waals surface area contributed by atoms with E-state index in [0.717, 1.165) is 70.8 Å². The maximum Gasteiger partial charge on any atom is 0.262 e. The molecule has 7 rings (SSSR count). The fourth-order valence-corrected chi connectivity index (χ4v) is 6.47. The molecule has 11 nitrogen and oxygen atoms in total. The zero-order chi connectivity index (χ0) is 29.7. The van der Waals surface area contributed by atoms with E-state index in [-0.39, 0.29) is 29.9 Å². The van der Waals surface area contributed by atoms with Crippen LogP contribution in [0.25, 0.3) is 22.3 Å². The molecule has 2 aromatic heterocycles. The molecule has 1 aliphatic carbocycles. The van der Waals surface area contributed by atoms with Gasteiger partial charge in [-0.3, -0.25) is 39.1 Å². The monoisotopic (exact) mass is 577 g/mol. The minimum atomic E-state index is -0.961. The Morgan fingerprint density at radius 2 is 1.74 bits per heavy atom. The van der Waals surface area contributed by atoms with Gasteiger partial charge in [-0.2, -0.15) is 5.10 Å². The molecule has 2 fully saturated rings. The fraction of sp³-hybridized carbons (Fsp3) is 0.344. The lowest BCUT2D eigenvalue weighted by Crippen LogP contribution is -2.54. The Labute approximate surface area is 247 Å². The number of rotatable bonds is 8. The van der Waals surface area contributed by atoms with E-state index in [1.165, 1.54) is 0 Å². The predicted molar refractivity (Wildman–Crippen MR) is 158 cm³/mol. The minimum Gasteiger partial charge on any atom is -0.385 e. The molecule has 11 heteroatoms. The van der Waals surface area contributed by atoms with Crippen LogP contribution in [0.15, 0.2) is 54.9 Å². The van der Waals surface area contributed by atoms with E-state index in [0.29, 0.717) is 12.0 Å². The summed E-state index contributed by atoms with van der Waals surface area (Å²) in [6, 6.07) is 12.4. The molecule has 1 atom stereocenters. The van der Waals surface area contributed by atoms with Crippen LogP contribution < -0.4 is 10.6 Å². The molecule has 43 heavy (non-hydrogen) atoms. The second-order valence-electron chi connectivity index (χ2n) is 11.6. The first-order valence-corrected chi connectivity index (χ1v) is 14.7. The highest BCUT2D eigenvalue weighted by Gasteiger charge is 2.44. The summed E-state index contributed by atoms with van der Waals surface area (Å²) >= 11 is 0. The van der Waals surface area contributed by atoms with Gasteiger partial charge in [-0.25, -0.2) is 4.98 Å². The molecule has 3 aliphatic rings. The summed E-state index contributed by atoms with van der Waals surface area (Å²) < 4.78 is 2.13. The average molecular weight is 578 g/mol. The van der Waals surface area contributed by atoms with Crippen molar-refractivity contribution in [2.75, 3.05) is 11.9 Å². The Bertz CT molecular complexity index is 1790. The van der Waals surface area contributed by atoms with E-state index >= 15 is 0 Å². The first-order valence-electron chi connectivity index (χ1n) is 14.7. The van der Waals surface area contributed by atoms with Crippen molar-refractivity contribution in [3.8, 4) is 11.3 Å². The quantitative estimate of drug-likeness (QED) is 0.236. The number of benzene rings is 2. The maximum absolute atomic E-state index is 13.1. The number of carbonyl (C=O) groups is 4. The summed E-state index contributed by atoms with van der Waals surface area (Å²) in [5, 5.41) is 10.3. The van der Waals surface area contributed by atoms with Gasteiger partial charge < -0.3 is 5.32 Å². The van der Waals surface area contributed by atoms with Gasteiger partial charge in [0.25, 0.3) is 11.8 Å². The van der Waals surface area contributed by atoms with Crippen molar-refractivity contribution in [1.82, 2.24) is 30.0 Å². The van der Waals surface area contributed by atoms with Crippen LogP contribution in [-0.2, 0) is 9.59 Å². The molecule has 4 aromatic rings. The molecule has 2 N–H and O–H groups in total. The molecule has 0 radical (unpaired) electrons. The van der Waals surface area contributed by atoms with Crippen LogP contribution in [0.5, 0.6) is 0 Å². The number of nitrogens with zero attached hydrogens (tertiary/aromatic N) is 5. The number of imide groups is 2. The van der Waals surface area contributed by atoms with Crippen molar-refractivity contribution >= 4 is 40.3 Å². The Balaban J connectivity index is 0.905. The Morgan fingerprint density at radius 1 is 0.953 bits per heavy atom. The average Bonchev–Trinajstić information content (AvgIpc) is 3.48. The van der Waals surface area contributed by atoms with Crippen molar-refractivity contribution in [3.05, 3.63) is 71.7 Å². The van der Waals surface area contributed by atoms with Crippen molar-refractivity contribution in [1.29, 1.82) is 0 Å². The van der Waals surface area contributed by atoms with Crippen molar-refractivity contribution in [3.63, 3.8) is 0 Å². The van der Waals surface area contributed by atoms with Gasteiger partial charge in [0.15, 0.2) is 0 Å². The Morgan fingerprint density at radius 3 is 2.56 bits per heavy atom. The molecule has 1 saturated carbocycles. The topological polar surface area (TPSA) is 139 Å². The van der Waals surface area contributed by atoms with Gasteiger partial charge in [0, 0.05) is 29.9 Å². The van der Waals surface area contributed by atoms with Crippen molar-refractivity contribution in [2.24, 2.45) is 5.92 Å². The molecule has 4 heterocycles. The zero-order valence-electron chi connectivity index (χ0n) is 23.7. The van der Waals surface area contributed by atoms with Crippen molar-refractivity contribution in [2.45, 2.75) is 57.5 Å². The number of hydrogen-bond acceptors (Lipinski definition) is 8. The first-order chi connectivity index (χ1) is 20.9. The SMILES string of the molecule is Cc1c(-c2cnc3ccccc3n2)cnn1[C@H]1C[C@H](CCCNc2ccc3c(c2)C(=O)N(C2CCC(=O)NC2=O)C3=O)C1. The van der Waals surface area contributed by atoms with Gasteiger partial charge in [0.05, 0.1) is 46.3 Å². The van der Waals surface area contributed by atoms with Gasteiger partial charge in [-0.1, -0.05) is 12.1 Å². The lowest BCUT2D eigenvalue weighted by Gasteiger charge is -2.36. The molecular formula is C32H31N7O4. The van der Waals surface area contributed by atoms with Crippen LogP contribution in [0.4, 0.5) is 5.69 Å². The third kappa shape index (κ3) is 4.84. The van der Waals surface area contributed by atoms with Gasteiger partial charge in [-0.15, -0.1) is 0 Å². The second-order valence-corrected chi connectivity index (χ2v) is 11.6. The number of anilines is 1. The molecule has 218 valence electrons. The molecule has 0 spiro atoms. The van der Waals surface area contributed by atoms with Crippen LogP contribution in [0.2, 0.25) is 0 Å². The number of carbonyl (C=O) groups excluding carboxylic acids is 4. The number of aromatic nitrogens is 4. The van der Waals surface area contributed by atoms with Crippen LogP contribution in [-0.4, -0.2) is 60.9 Å². The molecular weight excluding hydrogens is 546 g/mol. The summed E-state index contributed by atoms with van der Waals surface area (Å²) in [7, 11) is 0. The first kappa shape index (κ1) is 26.9. The minimum absolute atomic E-state index is 0.0987. The molecule has 1 unspecified atom stereocenters. The third-order valence-corrected chi connectivity index (χ3v) is 8.88. The van der Waals surface area contributed by atoms with Crippen molar-refractivity contribution < 1.29 is 19.2 Å². The largest absolute Gasteiger partial charge is 0.385 e. The number of fused-ring (bicyclic) bond motifs is 2. The number of hydrogen-bond donors (Lipinski definition) is 2. The van der Waals surface area contributed by atoms with Crippen LogP contribution in [0.3, 0.4) is 0 Å². The molecule has 0 bridgehead atoms. The maximum atomic E-state index is 13.1. The second kappa shape index (κ2) is 10.7. The van der Waals surface area contributed by atoms with E-state index in [1.807, 2.05) is 36.7 Å². The summed E-state index contributed by atoms with van der Waals surface area (Å²) in [4.78, 5) is 60.0. The van der Waals surface area contributed by atoms with E-state index in [1.54, 1.807) is 18.2 Å². The lowest BCUT2D eigenvalue weighted by molar-refractivity contribution is -0.136. The number of para-hydroxylation sites is 2. The Kier molecular flexibility index (Phi) is 6.72. The fourth-order valence-electron chi connectivity index (χ4n) is 6.47. The van der Waals surface area contributed by atoms with Gasteiger partial charge in [0.2, 0.25) is 11.8 Å². The van der Waals surface area contributed by atoms with Gasteiger partial charge in [0.1, 0.15) is 6.04 Å². The van der Waals surface area contributed by atoms with Crippen LogP contribution in [0, 0.1) is 12.8 Å². The molecule has 2 aromatic carbocycles. The van der Waals surface area contributed by atoms with E-state index < -0.39 is 23.8 Å². The summed E-state index contributed by atoms with van der Waals surface area (Å²) in [6.45, 7) is 2.83. The number of amides is 4. The third-order valence-electron chi connectivity index (χ3n) is 8.88. The highest BCUT2D eigenvalue weighted by molar-refractivity contribution is 6.23.